The zero-order chi connectivity index (χ0) is 24.2. The Balaban J connectivity index is 1.65. The molecule has 4 rings (SSSR count). The molecule has 0 saturated heterocycles. The first-order valence-corrected chi connectivity index (χ1v) is 10.9. The summed E-state index contributed by atoms with van der Waals surface area (Å²) in [6.45, 7) is 0.624. The van der Waals surface area contributed by atoms with Crippen LogP contribution in [0.4, 0.5) is 4.39 Å². The van der Waals surface area contributed by atoms with Crippen molar-refractivity contribution in [3.63, 3.8) is 0 Å². The SMILES string of the molecule is COC(=O)c1c(OCc2ccccn2)cc(=O)n2c1CCN(C(=O)c1ccc(F)cc1Cl)CC2. The summed E-state index contributed by atoms with van der Waals surface area (Å²) >= 11 is 6.06. The summed E-state index contributed by atoms with van der Waals surface area (Å²) in [5.74, 6) is -1.49. The van der Waals surface area contributed by atoms with Crippen LogP contribution in [0, 0.1) is 5.82 Å². The molecule has 0 spiro atoms. The number of ether oxygens (including phenoxy) is 2. The lowest BCUT2D eigenvalue weighted by molar-refractivity contribution is 0.0592. The van der Waals surface area contributed by atoms with Crippen molar-refractivity contribution in [1.29, 1.82) is 0 Å². The van der Waals surface area contributed by atoms with Crippen LogP contribution in [0.3, 0.4) is 0 Å². The molecule has 1 aromatic carbocycles. The summed E-state index contributed by atoms with van der Waals surface area (Å²) in [4.78, 5) is 44.3. The van der Waals surface area contributed by atoms with Gasteiger partial charge in [-0.3, -0.25) is 14.6 Å². The number of pyridine rings is 2. The van der Waals surface area contributed by atoms with Gasteiger partial charge in [-0.15, -0.1) is 0 Å². The summed E-state index contributed by atoms with van der Waals surface area (Å²) in [5, 5.41) is 0.00406. The monoisotopic (exact) mass is 485 g/mol. The molecule has 176 valence electrons. The average molecular weight is 486 g/mol. The number of aromatic nitrogens is 2. The van der Waals surface area contributed by atoms with Gasteiger partial charge in [0, 0.05) is 44.0 Å². The summed E-state index contributed by atoms with van der Waals surface area (Å²) < 4.78 is 25.6. The van der Waals surface area contributed by atoms with E-state index >= 15 is 0 Å². The van der Waals surface area contributed by atoms with Gasteiger partial charge in [0.25, 0.3) is 11.5 Å². The van der Waals surface area contributed by atoms with Gasteiger partial charge in [-0.25, -0.2) is 9.18 Å². The molecular weight excluding hydrogens is 465 g/mol. The molecule has 1 aliphatic heterocycles. The molecule has 0 radical (unpaired) electrons. The number of fused-ring (bicyclic) bond motifs is 1. The van der Waals surface area contributed by atoms with Crippen molar-refractivity contribution in [3.05, 3.63) is 92.4 Å². The van der Waals surface area contributed by atoms with E-state index in [1.165, 1.54) is 28.7 Å². The van der Waals surface area contributed by atoms with E-state index in [2.05, 4.69) is 4.98 Å². The van der Waals surface area contributed by atoms with E-state index in [0.717, 1.165) is 12.1 Å². The molecule has 0 atom stereocenters. The van der Waals surface area contributed by atoms with Crippen LogP contribution in [0.2, 0.25) is 5.02 Å². The number of halogens is 2. The predicted molar refractivity (Wildman–Crippen MR) is 122 cm³/mol. The number of hydrogen-bond donors (Lipinski definition) is 0. The number of benzene rings is 1. The molecule has 3 heterocycles. The van der Waals surface area contributed by atoms with Crippen LogP contribution in [0.25, 0.3) is 0 Å². The number of rotatable bonds is 5. The van der Waals surface area contributed by atoms with Gasteiger partial charge in [0.05, 0.1) is 23.4 Å². The van der Waals surface area contributed by atoms with Crippen LogP contribution in [0.15, 0.2) is 53.5 Å². The molecule has 1 amide bonds. The highest BCUT2D eigenvalue weighted by molar-refractivity contribution is 6.33. The minimum Gasteiger partial charge on any atom is -0.486 e. The molecule has 0 fully saturated rings. The molecule has 3 aromatic rings. The maximum absolute atomic E-state index is 13.4. The van der Waals surface area contributed by atoms with Crippen LogP contribution in [0.1, 0.15) is 32.1 Å². The molecule has 34 heavy (non-hydrogen) atoms. The Morgan fingerprint density at radius 1 is 1.15 bits per heavy atom. The fraction of sp³-hybridized carbons (Fsp3) is 0.250. The Morgan fingerprint density at radius 3 is 2.68 bits per heavy atom. The molecule has 10 heteroatoms. The van der Waals surface area contributed by atoms with Crippen LogP contribution < -0.4 is 10.3 Å². The summed E-state index contributed by atoms with van der Waals surface area (Å²) in [5.41, 5.74) is 0.964. The van der Waals surface area contributed by atoms with E-state index in [0.29, 0.717) is 11.4 Å². The van der Waals surface area contributed by atoms with Crippen molar-refractivity contribution in [2.75, 3.05) is 20.2 Å². The second-order valence-corrected chi connectivity index (χ2v) is 8.00. The number of methoxy groups -OCH3 is 1. The third-order valence-corrected chi connectivity index (χ3v) is 5.85. The Hall–Kier alpha value is -3.72. The van der Waals surface area contributed by atoms with Gasteiger partial charge in [-0.05, 0) is 30.3 Å². The predicted octanol–water partition coefficient (Wildman–Crippen LogP) is 3.10. The second kappa shape index (κ2) is 10.0. The number of carbonyl (C=O) groups excluding carboxylic acids is 2. The third kappa shape index (κ3) is 4.79. The number of esters is 1. The van der Waals surface area contributed by atoms with E-state index < -0.39 is 17.7 Å². The highest BCUT2D eigenvalue weighted by Gasteiger charge is 2.28. The summed E-state index contributed by atoms with van der Waals surface area (Å²) in [6, 6.07) is 10.1. The lowest BCUT2D eigenvalue weighted by Crippen LogP contribution is -2.34. The largest absolute Gasteiger partial charge is 0.486 e. The molecule has 0 unspecified atom stereocenters. The van der Waals surface area contributed by atoms with E-state index in [9.17, 15) is 18.8 Å². The lowest BCUT2D eigenvalue weighted by atomic mass is 10.1. The van der Waals surface area contributed by atoms with Crippen LogP contribution in [-0.2, 0) is 24.3 Å². The fourth-order valence-electron chi connectivity index (χ4n) is 3.86. The first-order valence-electron chi connectivity index (χ1n) is 10.5. The van der Waals surface area contributed by atoms with Crippen molar-refractivity contribution in [2.24, 2.45) is 0 Å². The Morgan fingerprint density at radius 2 is 1.97 bits per heavy atom. The lowest BCUT2D eigenvalue weighted by Gasteiger charge is -2.20. The van der Waals surface area contributed by atoms with Crippen molar-refractivity contribution in [1.82, 2.24) is 14.5 Å². The minimum absolute atomic E-state index is 0.00406. The summed E-state index contributed by atoms with van der Waals surface area (Å²) in [7, 11) is 1.25. The molecule has 0 bridgehead atoms. The van der Waals surface area contributed by atoms with Gasteiger partial charge in [0.2, 0.25) is 0 Å². The second-order valence-electron chi connectivity index (χ2n) is 7.59. The molecule has 0 saturated carbocycles. The van der Waals surface area contributed by atoms with Crippen LogP contribution in [0.5, 0.6) is 5.75 Å². The number of carbonyl (C=O) groups is 2. The van der Waals surface area contributed by atoms with E-state index in [4.69, 9.17) is 21.1 Å². The van der Waals surface area contributed by atoms with E-state index in [1.807, 2.05) is 0 Å². The molecular formula is C24H21ClFN3O5. The molecule has 0 N–H and O–H groups in total. The average Bonchev–Trinajstić information content (AvgIpc) is 3.06. The Kier molecular flexibility index (Phi) is 6.93. The highest BCUT2D eigenvalue weighted by Crippen LogP contribution is 2.26. The van der Waals surface area contributed by atoms with Crippen molar-refractivity contribution >= 4 is 23.5 Å². The number of hydrogen-bond acceptors (Lipinski definition) is 6. The molecule has 8 nitrogen and oxygen atoms in total. The maximum Gasteiger partial charge on any atom is 0.343 e. The zero-order valence-electron chi connectivity index (χ0n) is 18.3. The van der Waals surface area contributed by atoms with E-state index in [-0.39, 0.29) is 60.1 Å². The number of nitrogens with zero attached hydrogens (tertiary/aromatic N) is 3. The van der Waals surface area contributed by atoms with Gasteiger partial charge in [0.1, 0.15) is 23.7 Å². The smallest absolute Gasteiger partial charge is 0.343 e. The minimum atomic E-state index is -0.652. The fourth-order valence-corrected chi connectivity index (χ4v) is 4.10. The van der Waals surface area contributed by atoms with Crippen molar-refractivity contribution in [3.8, 4) is 5.75 Å². The topological polar surface area (TPSA) is 90.7 Å². The van der Waals surface area contributed by atoms with Gasteiger partial charge in [-0.2, -0.15) is 0 Å². The van der Waals surface area contributed by atoms with Gasteiger partial charge < -0.3 is 18.9 Å². The van der Waals surface area contributed by atoms with Crippen molar-refractivity contribution < 1.29 is 23.5 Å². The first-order chi connectivity index (χ1) is 16.4. The maximum atomic E-state index is 13.4. The highest BCUT2D eigenvalue weighted by atomic mass is 35.5. The van der Waals surface area contributed by atoms with Gasteiger partial charge in [0.15, 0.2) is 0 Å². The molecule has 0 aliphatic carbocycles. The first kappa shape index (κ1) is 23.4. The summed E-state index contributed by atoms with van der Waals surface area (Å²) in [6.07, 6.45) is 1.82. The standard InChI is InChI=1S/C24H21ClFN3O5/c1-33-24(32)22-19-7-9-28(23(31)17-6-5-15(26)12-18(17)25)10-11-29(19)21(30)13-20(22)34-14-16-4-2-3-8-27-16/h2-6,8,12-13H,7,9-11,14H2,1H3. The van der Waals surface area contributed by atoms with Crippen molar-refractivity contribution in [2.45, 2.75) is 19.6 Å². The van der Waals surface area contributed by atoms with Crippen LogP contribution >= 0.6 is 11.6 Å². The normalized spacial score (nSPS) is 13.1. The number of amides is 1. The third-order valence-electron chi connectivity index (χ3n) is 5.53. The molecule has 1 aliphatic rings. The van der Waals surface area contributed by atoms with E-state index in [1.54, 1.807) is 24.4 Å². The Labute approximate surface area is 199 Å². The molecule has 2 aromatic heterocycles. The van der Waals surface area contributed by atoms with Gasteiger partial charge in [-0.1, -0.05) is 17.7 Å². The zero-order valence-corrected chi connectivity index (χ0v) is 19.0. The Bertz CT molecular complexity index is 1300. The van der Waals surface area contributed by atoms with Gasteiger partial charge >= 0.3 is 5.97 Å². The van der Waals surface area contributed by atoms with Crippen LogP contribution in [-0.4, -0.2) is 46.5 Å². The quantitative estimate of drug-likeness (QED) is 0.516.